The molecule has 1 aliphatic carbocycles. The summed E-state index contributed by atoms with van der Waals surface area (Å²) in [4.78, 5) is 0. The van der Waals surface area contributed by atoms with Crippen molar-refractivity contribution < 1.29 is 8.78 Å². The Morgan fingerprint density at radius 3 is 2.70 bits per heavy atom. The predicted octanol–water partition coefficient (Wildman–Crippen LogP) is 4.31. The molecule has 1 aliphatic rings. The molecule has 0 amide bonds. The van der Waals surface area contributed by atoms with Crippen LogP contribution >= 0.6 is 0 Å². The molecular weight excluding hydrogens is 256 g/mol. The minimum Gasteiger partial charge on any atom is -0.316 e. The fraction of sp³-hybridized carbons (Fsp3) is 0.647. The van der Waals surface area contributed by atoms with Gasteiger partial charge in [-0.1, -0.05) is 26.7 Å². The van der Waals surface area contributed by atoms with Crippen LogP contribution in [-0.2, 0) is 6.42 Å². The summed E-state index contributed by atoms with van der Waals surface area (Å²) in [6.45, 7) is 4.59. The lowest BCUT2D eigenvalue weighted by atomic mass is 9.65. The second-order valence-corrected chi connectivity index (χ2v) is 6.68. The van der Waals surface area contributed by atoms with Crippen LogP contribution < -0.4 is 5.32 Å². The molecule has 0 heterocycles. The first kappa shape index (κ1) is 15.4. The lowest BCUT2D eigenvalue weighted by Gasteiger charge is -2.43. The molecule has 112 valence electrons. The molecule has 0 aliphatic heterocycles. The minimum absolute atomic E-state index is 0.196. The zero-order valence-corrected chi connectivity index (χ0v) is 12.7. The van der Waals surface area contributed by atoms with Crippen LogP contribution in [-0.4, -0.2) is 13.1 Å². The SMILES string of the molecule is CNC(Cc1cc(F)ccc1F)C1CCCCC1(C)C. The summed E-state index contributed by atoms with van der Waals surface area (Å²) in [5.74, 6) is -0.164. The van der Waals surface area contributed by atoms with E-state index < -0.39 is 0 Å². The highest BCUT2D eigenvalue weighted by molar-refractivity contribution is 5.20. The second-order valence-electron chi connectivity index (χ2n) is 6.68. The number of rotatable bonds is 4. The van der Waals surface area contributed by atoms with Gasteiger partial charge in [-0.3, -0.25) is 0 Å². The molecule has 2 atom stereocenters. The molecule has 1 nitrogen and oxygen atoms in total. The Balaban J connectivity index is 2.18. The first-order valence-electron chi connectivity index (χ1n) is 7.55. The highest BCUT2D eigenvalue weighted by Gasteiger charge is 2.37. The van der Waals surface area contributed by atoms with Crippen LogP contribution in [0.3, 0.4) is 0 Å². The normalized spacial score (nSPS) is 23.6. The maximum absolute atomic E-state index is 13.8. The third-order valence-electron chi connectivity index (χ3n) is 4.89. The molecule has 0 saturated heterocycles. The maximum atomic E-state index is 13.8. The van der Waals surface area contributed by atoms with Gasteiger partial charge in [0.05, 0.1) is 0 Å². The van der Waals surface area contributed by atoms with Crippen molar-refractivity contribution in [2.24, 2.45) is 11.3 Å². The van der Waals surface area contributed by atoms with E-state index in [2.05, 4.69) is 19.2 Å². The first-order chi connectivity index (χ1) is 9.44. The third-order valence-corrected chi connectivity index (χ3v) is 4.89. The summed E-state index contributed by atoms with van der Waals surface area (Å²) in [7, 11) is 1.92. The monoisotopic (exact) mass is 281 g/mol. The smallest absolute Gasteiger partial charge is 0.126 e. The number of hydrogen-bond donors (Lipinski definition) is 1. The minimum atomic E-state index is -0.362. The Hall–Kier alpha value is -0.960. The van der Waals surface area contributed by atoms with Gasteiger partial charge in [0.1, 0.15) is 11.6 Å². The molecule has 1 N–H and O–H groups in total. The fourth-order valence-corrected chi connectivity index (χ4v) is 3.65. The number of nitrogens with one attached hydrogen (secondary N) is 1. The largest absolute Gasteiger partial charge is 0.316 e. The second kappa shape index (κ2) is 6.21. The van der Waals surface area contributed by atoms with Crippen molar-refractivity contribution in [1.82, 2.24) is 5.32 Å². The Morgan fingerprint density at radius 1 is 1.30 bits per heavy atom. The van der Waals surface area contributed by atoms with Crippen LogP contribution in [0.15, 0.2) is 18.2 Å². The number of likely N-dealkylation sites (N-methyl/N-ethyl adjacent to an activating group) is 1. The summed E-state index contributed by atoms with van der Waals surface area (Å²) < 4.78 is 27.1. The highest BCUT2D eigenvalue weighted by atomic mass is 19.1. The van der Waals surface area contributed by atoms with Crippen molar-refractivity contribution in [2.45, 2.75) is 52.0 Å². The number of hydrogen-bond acceptors (Lipinski definition) is 1. The highest BCUT2D eigenvalue weighted by Crippen LogP contribution is 2.43. The van der Waals surface area contributed by atoms with E-state index in [4.69, 9.17) is 0 Å². The molecule has 0 radical (unpaired) electrons. The molecule has 3 heteroatoms. The van der Waals surface area contributed by atoms with Crippen LogP contribution in [0.1, 0.15) is 45.1 Å². The van der Waals surface area contributed by atoms with Gasteiger partial charge in [0, 0.05) is 6.04 Å². The summed E-state index contributed by atoms with van der Waals surface area (Å²) in [5, 5.41) is 3.33. The van der Waals surface area contributed by atoms with E-state index in [1.807, 2.05) is 7.05 Å². The van der Waals surface area contributed by atoms with Crippen molar-refractivity contribution in [3.05, 3.63) is 35.4 Å². The van der Waals surface area contributed by atoms with Gasteiger partial charge in [0.25, 0.3) is 0 Å². The van der Waals surface area contributed by atoms with Gasteiger partial charge in [-0.05, 0) is 61.4 Å². The molecule has 0 spiro atoms. The average molecular weight is 281 g/mol. The topological polar surface area (TPSA) is 12.0 Å². The van der Waals surface area contributed by atoms with Crippen LogP contribution in [0.2, 0.25) is 0 Å². The van der Waals surface area contributed by atoms with Crippen molar-refractivity contribution in [2.75, 3.05) is 7.05 Å². The molecule has 2 unspecified atom stereocenters. The van der Waals surface area contributed by atoms with Crippen LogP contribution in [0, 0.1) is 23.0 Å². The summed E-state index contributed by atoms with van der Waals surface area (Å²) >= 11 is 0. The lowest BCUT2D eigenvalue weighted by molar-refractivity contribution is 0.101. The quantitative estimate of drug-likeness (QED) is 0.867. The molecule has 1 aromatic carbocycles. The molecule has 0 bridgehead atoms. The molecular formula is C17H25F2N. The van der Waals surface area contributed by atoms with Gasteiger partial charge in [-0.15, -0.1) is 0 Å². The van der Waals surface area contributed by atoms with Crippen molar-refractivity contribution in [3.63, 3.8) is 0 Å². The van der Waals surface area contributed by atoms with Crippen molar-refractivity contribution in [3.8, 4) is 0 Å². The Bertz CT molecular complexity index is 456. The van der Waals surface area contributed by atoms with Gasteiger partial charge >= 0.3 is 0 Å². The van der Waals surface area contributed by atoms with E-state index in [9.17, 15) is 8.78 Å². The molecule has 20 heavy (non-hydrogen) atoms. The van der Waals surface area contributed by atoms with Crippen LogP contribution in [0.4, 0.5) is 8.78 Å². The summed E-state index contributed by atoms with van der Waals surface area (Å²) in [5.41, 5.74) is 0.737. The molecule has 1 aromatic rings. The van der Waals surface area contributed by atoms with Gasteiger partial charge < -0.3 is 5.32 Å². The molecule has 1 saturated carbocycles. The number of halogens is 2. The van der Waals surface area contributed by atoms with Gasteiger partial charge in [0.2, 0.25) is 0 Å². The van der Waals surface area contributed by atoms with Gasteiger partial charge in [-0.25, -0.2) is 8.78 Å². The molecule has 0 aromatic heterocycles. The zero-order valence-electron chi connectivity index (χ0n) is 12.7. The van der Waals surface area contributed by atoms with E-state index in [-0.39, 0.29) is 23.1 Å². The van der Waals surface area contributed by atoms with E-state index in [1.165, 1.54) is 37.5 Å². The van der Waals surface area contributed by atoms with Crippen LogP contribution in [0.5, 0.6) is 0 Å². The van der Waals surface area contributed by atoms with E-state index in [0.29, 0.717) is 17.9 Å². The Kier molecular flexibility index (Phi) is 4.79. The van der Waals surface area contributed by atoms with Crippen molar-refractivity contribution in [1.29, 1.82) is 0 Å². The van der Waals surface area contributed by atoms with E-state index >= 15 is 0 Å². The van der Waals surface area contributed by atoms with E-state index in [0.717, 1.165) is 6.42 Å². The van der Waals surface area contributed by atoms with Crippen molar-refractivity contribution >= 4 is 0 Å². The fourth-order valence-electron chi connectivity index (χ4n) is 3.65. The average Bonchev–Trinajstić information content (AvgIpc) is 2.40. The van der Waals surface area contributed by atoms with Crippen LogP contribution in [0.25, 0.3) is 0 Å². The van der Waals surface area contributed by atoms with E-state index in [1.54, 1.807) is 0 Å². The molecule has 1 fully saturated rings. The first-order valence-corrected chi connectivity index (χ1v) is 7.55. The maximum Gasteiger partial charge on any atom is 0.126 e. The molecule has 2 rings (SSSR count). The van der Waals surface area contributed by atoms with Gasteiger partial charge in [0.15, 0.2) is 0 Å². The zero-order chi connectivity index (χ0) is 14.8. The predicted molar refractivity (Wildman–Crippen MR) is 78.6 cm³/mol. The lowest BCUT2D eigenvalue weighted by Crippen LogP contribution is -2.44. The standard InChI is InChI=1S/C17H25F2N/c1-17(2)9-5-4-6-14(17)16(20-3)11-12-10-13(18)7-8-15(12)19/h7-8,10,14,16,20H,4-6,9,11H2,1-3H3. The Labute approximate surface area is 120 Å². The Morgan fingerprint density at radius 2 is 2.05 bits per heavy atom. The van der Waals surface area contributed by atoms with Gasteiger partial charge in [-0.2, -0.15) is 0 Å². The summed E-state index contributed by atoms with van der Waals surface area (Å²) in [6, 6.07) is 3.93. The number of benzene rings is 1. The third kappa shape index (κ3) is 3.38. The summed E-state index contributed by atoms with van der Waals surface area (Å²) in [6.07, 6.45) is 5.43.